The molecule has 128 valence electrons. The fraction of sp³-hybridized carbons (Fsp3) is 0.0476. The second kappa shape index (κ2) is 7.14. The van der Waals surface area contributed by atoms with E-state index in [4.69, 9.17) is 4.74 Å². The fourth-order valence-corrected chi connectivity index (χ4v) is 3.24. The van der Waals surface area contributed by atoms with Crippen molar-refractivity contribution in [1.29, 1.82) is 0 Å². The van der Waals surface area contributed by atoms with Gasteiger partial charge in [-0.15, -0.1) is 0 Å². The van der Waals surface area contributed by atoms with Crippen molar-refractivity contribution in [3.63, 3.8) is 0 Å². The number of para-hydroxylation sites is 2. The molecule has 5 heteroatoms. The highest BCUT2D eigenvalue weighted by Crippen LogP contribution is 2.28. The average Bonchev–Trinajstić information content (AvgIpc) is 2.67. The molecule has 0 spiro atoms. The second-order valence-electron chi connectivity index (χ2n) is 5.85. The average molecular weight is 407 g/mol. The molecule has 26 heavy (non-hydrogen) atoms. The number of nitrogens with zero attached hydrogens (tertiary/aromatic N) is 1. The van der Waals surface area contributed by atoms with E-state index in [9.17, 15) is 4.79 Å². The highest BCUT2D eigenvalue weighted by Gasteiger charge is 2.11. The van der Waals surface area contributed by atoms with Crippen LogP contribution >= 0.6 is 15.9 Å². The number of benzene rings is 3. The molecule has 1 aromatic heterocycles. The summed E-state index contributed by atoms with van der Waals surface area (Å²) < 4.78 is 7.01. The van der Waals surface area contributed by atoms with Crippen LogP contribution in [-0.4, -0.2) is 9.97 Å². The van der Waals surface area contributed by atoms with E-state index in [-0.39, 0.29) is 5.56 Å². The maximum Gasteiger partial charge on any atom is 0.259 e. The summed E-state index contributed by atoms with van der Waals surface area (Å²) >= 11 is 3.47. The standard InChI is InChI=1S/C21H15BrN2O2/c22-15-7-5-6-14(12-15)13-26-19-11-4-2-9-17(19)20-23-18-10-3-1-8-16(18)21(25)24-20/h1-12H,13H2,(H,23,24,25). The van der Waals surface area contributed by atoms with Crippen LogP contribution in [0.3, 0.4) is 0 Å². The van der Waals surface area contributed by atoms with Crippen LogP contribution in [0, 0.1) is 0 Å². The maximum absolute atomic E-state index is 12.4. The second-order valence-corrected chi connectivity index (χ2v) is 6.76. The fourth-order valence-electron chi connectivity index (χ4n) is 2.79. The number of fused-ring (bicyclic) bond motifs is 1. The lowest BCUT2D eigenvalue weighted by atomic mass is 10.1. The Morgan fingerprint density at radius 3 is 2.65 bits per heavy atom. The number of aromatic amines is 1. The van der Waals surface area contributed by atoms with Crippen LogP contribution in [0.1, 0.15) is 5.56 Å². The molecule has 0 bridgehead atoms. The number of hydrogen-bond acceptors (Lipinski definition) is 3. The molecule has 0 unspecified atom stereocenters. The minimum atomic E-state index is -0.160. The summed E-state index contributed by atoms with van der Waals surface area (Å²) in [6, 6.07) is 22.8. The minimum absolute atomic E-state index is 0.160. The number of aromatic nitrogens is 2. The number of hydrogen-bond donors (Lipinski definition) is 1. The van der Waals surface area contributed by atoms with Gasteiger partial charge < -0.3 is 9.72 Å². The number of ether oxygens (including phenoxy) is 1. The lowest BCUT2D eigenvalue weighted by Crippen LogP contribution is -2.10. The van der Waals surface area contributed by atoms with E-state index in [1.807, 2.05) is 66.7 Å². The smallest absolute Gasteiger partial charge is 0.259 e. The van der Waals surface area contributed by atoms with Crippen LogP contribution in [0.2, 0.25) is 0 Å². The molecule has 0 atom stereocenters. The van der Waals surface area contributed by atoms with Crippen molar-refractivity contribution in [2.75, 3.05) is 0 Å². The van der Waals surface area contributed by atoms with Gasteiger partial charge in [0, 0.05) is 4.47 Å². The molecule has 0 radical (unpaired) electrons. The van der Waals surface area contributed by atoms with E-state index >= 15 is 0 Å². The van der Waals surface area contributed by atoms with Crippen molar-refractivity contribution < 1.29 is 4.74 Å². The summed E-state index contributed by atoms with van der Waals surface area (Å²) in [5.74, 6) is 1.17. The van der Waals surface area contributed by atoms with Gasteiger partial charge in [0.25, 0.3) is 5.56 Å². The largest absolute Gasteiger partial charge is 0.488 e. The Hall–Kier alpha value is -2.92. The molecule has 4 aromatic rings. The molecule has 0 aliphatic rings. The summed E-state index contributed by atoms with van der Waals surface area (Å²) in [7, 11) is 0. The van der Waals surface area contributed by atoms with E-state index in [1.165, 1.54) is 0 Å². The van der Waals surface area contributed by atoms with Crippen molar-refractivity contribution in [3.05, 3.63) is 93.2 Å². The van der Waals surface area contributed by atoms with Crippen molar-refractivity contribution >= 4 is 26.8 Å². The van der Waals surface area contributed by atoms with Crippen molar-refractivity contribution in [1.82, 2.24) is 9.97 Å². The monoisotopic (exact) mass is 406 g/mol. The van der Waals surface area contributed by atoms with Gasteiger partial charge in [0.2, 0.25) is 0 Å². The van der Waals surface area contributed by atoms with Gasteiger partial charge in [-0.2, -0.15) is 0 Å². The van der Waals surface area contributed by atoms with Crippen molar-refractivity contribution in [2.45, 2.75) is 6.61 Å². The first-order chi connectivity index (χ1) is 12.7. The molecule has 0 amide bonds. The quantitative estimate of drug-likeness (QED) is 0.522. The summed E-state index contributed by atoms with van der Waals surface area (Å²) in [6.07, 6.45) is 0. The van der Waals surface area contributed by atoms with Gasteiger partial charge in [-0.05, 0) is 42.0 Å². The zero-order valence-electron chi connectivity index (χ0n) is 13.8. The normalized spacial score (nSPS) is 10.8. The Bertz CT molecular complexity index is 1140. The topological polar surface area (TPSA) is 55.0 Å². The zero-order valence-corrected chi connectivity index (χ0v) is 15.4. The molecule has 3 aromatic carbocycles. The Labute approximate surface area is 158 Å². The molecule has 0 fully saturated rings. The van der Waals surface area contributed by atoms with Gasteiger partial charge in [0.05, 0.1) is 16.5 Å². The van der Waals surface area contributed by atoms with Gasteiger partial charge in [-0.1, -0.05) is 52.3 Å². The van der Waals surface area contributed by atoms with Gasteiger partial charge >= 0.3 is 0 Å². The van der Waals surface area contributed by atoms with Gasteiger partial charge in [0.15, 0.2) is 0 Å². The van der Waals surface area contributed by atoms with Gasteiger partial charge in [-0.25, -0.2) is 4.98 Å². The number of nitrogens with one attached hydrogen (secondary N) is 1. The summed E-state index contributed by atoms with van der Waals surface area (Å²) in [4.78, 5) is 19.8. The Morgan fingerprint density at radius 2 is 1.77 bits per heavy atom. The lowest BCUT2D eigenvalue weighted by molar-refractivity contribution is 0.307. The van der Waals surface area contributed by atoms with Gasteiger partial charge in [0.1, 0.15) is 18.2 Å². The highest BCUT2D eigenvalue weighted by molar-refractivity contribution is 9.10. The van der Waals surface area contributed by atoms with Gasteiger partial charge in [-0.3, -0.25) is 4.79 Å². The van der Waals surface area contributed by atoms with Crippen LogP contribution in [0.25, 0.3) is 22.3 Å². The molecule has 0 aliphatic heterocycles. The molecule has 0 saturated carbocycles. The van der Waals surface area contributed by atoms with Crippen LogP contribution in [0.5, 0.6) is 5.75 Å². The predicted molar refractivity (Wildman–Crippen MR) is 106 cm³/mol. The number of halogens is 1. The molecule has 0 aliphatic carbocycles. The number of H-pyrrole nitrogens is 1. The van der Waals surface area contributed by atoms with Crippen molar-refractivity contribution in [2.24, 2.45) is 0 Å². The summed E-state index contributed by atoms with van der Waals surface area (Å²) in [6.45, 7) is 0.425. The molecule has 0 saturated heterocycles. The van der Waals surface area contributed by atoms with E-state index in [2.05, 4.69) is 25.9 Å². The predicted octanol–water partition coefficient (Wildman–Crippen LogP) is 4.93. The Morgan fingerprint density at radius 1 is 0.962 bits per heavy atom. The molecular weight excluding hydrogens is 392 g/mol. The first-order valence-electron chi connectivity index (χ1n) is 8.16. The maximum atomic E-state index is 12.4. The SMILES string of the molecule is O=c1[nH]c(-c2ccccc2OCc2cccc(Br)c2)nc2ccccc12. The molecule has 4 nitrogen and oxygen atoms in total. The Kier molecular flexibility index (Phi) is 4.54. The molecule has 4 rings (SSSR count). The highest BCUT2D eigenvalue weighted by atomic mass is 79.9. The van der Waals surface area contributed by atoms with E-state index in [0.29, 0.717) is 29.1 Å². The third-order valence-electron chi connectivity index (χ3n) is 4.04. The van der Waals surface area contributed by atoms with Crippen LogP contribution < -0.4 is 10.3 Å². The van der Waals surface area contributed by atoms with E-state index < -0.39 is 0 Å². The Balaban J connectivity index is 1.71. The van der Waals surface area contributed by atoms with Crippen LogP contribution in [0.15, 0.2) is 82.1 Å². The van der Waals surface area contributed by atoms with E-state index in [0.717, 1.165) is 15.6 Å². The molecule has 1 N–H and O–H groups in total. The first-order valence-corrected chi connectivity index (χ1v) is 8.96. The molecular formula is C21H15BrN2O2. The third kappa shape index (κ3) is 3.39. The molecule has 1 heterocycles. The summed E-state index contributed by atoms with van der Waals surface area (Å²) in [5, 5.41) is 0.573. The van der Waals surface area contributed by atoms with E-state index in [1.54, 1.807) is 6.07 Å². The minimum Gasteiger partial charge on any atom is -0.488 e. The van der Waals surface area contributed by atoms with Crippen LogP contribution in [-0.2, 0) is 6.61 Å². The summed E-state index contributed by atoms with van der Waals surface area (Å²) in [5.41, 5.74) is 2.31. The zero-order chi connectivity index (χ0) is 17.9. The third-order valence-corrected chi connectivity index (χ3v) is 4.53. The first kappa shape index (κ1) is 16.5. The number of rotatable bonds is 4. The van der Waals surface area contributed by atoms with Crippen LogP contribution in [0.4, 0.5) is 0 Å². The van der Waals surface area contributed by atoms with Crippen molar-refractivity contribution in [3.8, 4) is 17.1 Å². The lowest BCUT2D eigenvalue weighted by Gasteiger charge is -2.11.